The van der Waals surface area contributed by atoms with E-state index in [1.54, 1.807) is 11.8 Å². The number of hydrogen-bond donors (Lipinski definition) is 1. The molecule has 0 radical (unpaired) electrons. The Balaban J connectivity index is 1.16. The van der Waals surface area contributed by atoms with Crippen LogP contribution in [0.3, 0.4) is 0 Å². The number of aromatic nitrogens is 4. The highest BCUT2D eigenvalue weighted by molar-refractivity contribution is 7.99. The van der Waals surface area contributed by atoms with Crippen LogP contribution in [0.1, 0.15) is 42.5 Å². The van der Waals surface area contributed by atoms with E-state index < -0.39 is 23.1 Å². The minimum absolute atomic E-state index is 0.203. The Kier molecular flexibility index (Phi) is 5.51. The van der Waals surface area contributed by atoms with E-state index in [1.807, 2.05) is 18.5 Å². The Hall–Kier alpha value is -2.40. The molecule has 2 aromatic heterocycles. The van der Waals surface area contributed by atoms with Crippen molar-refractivity contribution in [2.45, 2.75) is 55.5 Å². The number of nitrogens with one attached hydrogen (secondary N) is 1. The lowest BCUT2D eigenvalue weighted by molar-refractivity contribution is -0.137. The molecule has 33 heavy (non-hydrogen) atoms. The van der Waals surface area contributed by atoms with E-state index in [0.29, 0.717) is 23.2 Å². The second kappa shape index (κ2) is 8.12. The third-order valence-electron chi connectivity index (χ3n) is 6.59. The fourth-order valence-corrected chi connectivity index (χ4v) is 5.72. The van der Waals surface area contributed by atoms with E-state index in [4.69, 9.17) is 4.42 Å². The zero-order valence-electron chi connectivity index (χ0n) is 18.1. The minimum atomic E-state index is -4.56. The normalized spacial score (nSPS) is 24.3. The molecule has 5 rings (SSSR count). The predicted molar refractivity (Wildman–Crippen MR) is 114 cm³/mol. The molecule has 1 N–H and O–H groups in total. The molecule has 3 heterocycles. The number of thioether (sulfide) groups is 1. The maximum absolute atomic E-state index is 13.9. The van der Waals surface area contributed by atoms with Gasteiger partial charge in [-0.1, -0.05) is 11.8 Å². The number of rotatable bonds is 7. The number of oxazole rings is 1. The molecule has 6 nitrogen and oxygen atoms in total. The molecule has 1 aromatic carbocycles. The van der Waals surface area contributed by atoms with E-state index >= 15 is 0 Å². The lowest BCUT2D eigenvalue weighted by Crippen LogP contribution is -2.33. The second-order valence-corrected chi connectivity index (χ2v) is 9.86. The van der Waals surface area contributed by atoms with Crippen LogP contribution >= 0.6 is 11.8 Å². The van der Waals surface area contributed by atoms with E-state index in [0.717, 1.165) is 48.4 Å². The van der Waals surface area contributed by atoms with E-state index in [2.05, 4.69) is 20.5 Å². The first kappa shape index (κ1) is 22.4. The molecule has 2 aliphatic rings. The molecule has 3 aromatic rings. The van der Waals surface area contributed by atoms with Crippen molar-refractivity contribution in [2.24, 2.45) is 13.0 Å². The number of halogens is 4. The first-order chi connectivity index (χ1) is 15.7. The summed E-state index contributed by atoms with van der Waals surface area (Å²) in [6.07, 6.45) is 0.262. The molecule has 0 amide bonds. The van der Waals surface area contributed by atoms with Gasteiger partial charge >= 0.3 is 6.18 Å². The summed E-state index contributed by atoms with van der Waals surface area (Å²) in [5.41, 5.74) is -0.288. The van der Waals surface area contributed by atoms with E-state index in [-0.39, 0.29) is 12.0 Å². The number of alkyl halides is 3. The van der Waals surface area contributed by atoms with Gasteiger partial charge in [0.1, 0.15) is 5.82 Å². The Labute approximate surface area is 192 Å². The maximum atomic E-state index is 13.9. The van der Waals surface area contributed by atoms with Crippen LogP contribution in [0.2, 0.25) is 0 Å². The Morgan fingerprint density at radius 3 is 2.82 bits per heavy atom. The van der Waals surface area contributed by atoms with Crippen molar-refractivity contribution in [2.75, 3.05) is 5.75 Å². The van der Waals surface area contributed by atoms with Crippen molar-refractivity contribution in [1.82, 2.24) is 25.1 Å². The molecule has 2 fully saturated rings. The molecule has 1 saturated carbocycles. The smallest absolute Gasteiger partial charge is 0.416 e. The topological polar surface area (TPSA) is 68.8 Å². The molecule has 3 atom stereocenters. The number of fused-ring (bicyclic) bond motifs is 1. The van der Waals surface area contributed by atoms with Crippen LogP contribution in [0.4, 0.5) is 17.6 Å². The number of benzene rings is 1. The predicted octanol–water partition coefficient (Wildman–Crippen LogP) is 5.09. The third kappa shape index (κ3) is 4.16. The first-order valence-corrected chi connectivity index (χ1v) is 11.7. The fraction of sp³-hybridized carbons (Fsp3) is 0.500. The summed E-state index contributed by atoms with van der Waals surface area (Å²) in [6.45, 7) is 1.85. The quantitative estimate of drug-likeness (QED) is 0.288. The summed E-state index contributed by atoms with van der Waals surface area (Å²) in [4.78, 5) is 4.08. The zero-order valence-corrected chi connectivity index (χ0v) is 18.9. The molecule has 176 valence electrons. The third-order valence-corrected chi connectivity index (χ3v) is 7.69. The number of piperidine rings is 1. The average Bonchev–Trinajstić information content (AvgIpc) is 3.05. The van der Waals surface area contributed by atoms with Gasteiger partial charge in [-0.25, -0.2) is 9.37 Å². The summed E-state index contributed by atoms with van der Waals surface area (Å²) in [7, 11) is 1.88. The molecule has 1 saturated heterocycles. The Morgan fingerprint density at radius 1 is 1.27 bits per heavy atom. The van der Waals surface area contributed by atoms with Crippen LogP contribution in [0.5, 0.6) is 0 Å². The van der Waals surface area contributed by atoms with E-state index in [1.165, 1.54) is 12.5 Å². The van der Waals surface area contributed by atoms with Gasteiger partial charge in [0.25, 0.3) is 0 Å². The average molecular weight is 482 g/mol. The maximum Gasteiger partial charge on any atom is 0.416 e. The van der Waals surface area contributed by atoms with Crippen LogP contribution in [0, 0.1) is 18.7 Å². The van der Waals surface area contributed by atoms with Crippen LogP contribution in [0.15, 0.2) is 34.2 Å². The van der Waals surface area contributed by atoms with Crippen LogP contribution in [-0.2, 0) is 18.8 Å². The molecule has 1 aliphatic heterocycles. The Morgan fingerprint density at radius 2 is 2.09 bits per heavy atom. The van der Waals surface area contributed by atoms with Crippen molar-refractivity contribution in [3.63, 3.8) is 0 Å². The van der Waals surface area contributed by atoms with Gasteiger partial charge in [-0.15, -0.1) is 10.2 Å². The summed E-state index contributed by atoms with van der Waals surface area (Å²) in [5.74, 6) is 1.47. The zero-order chi connectivity index (χ0) is 23.4. The molecular weight excluding hydrogens is 458 g/mol. The summed E-state index contributed by atoms with van der Waals surface area (Å²) in [6, 6.07) is 3.09. The van der Waals surface area contributed by atoms with Crippen molar-refractivity contribution >= 4 is 11.8 Å². The van der Waals surface area contributed by atoms with Gasteiger partial charge < -0.3 is 14.3 Å². The molecular formula is C22H23F4N5OS. The summed E-state index contributed by atoms with van der Waals surface area (Å²) in [5, 5.41) is 12.7. The molecule has 11 heteroatoms. The number of nitrogens with zero attached hydrogens (tertiary/aromatic N) is 4. The van der Waals surface area contributed by atoms with Gasteiger partial charge in [-0.2, -0.15) is 13.2 Å². The molecule has 0 bridgehead atoms. The highest BCUT2D eigenvalue weighted by atomic mass is 32.2. The second-order valence-electron chi connectivity index (χ2n) is 8.80. The SMILES string of the molecule is Cc1ncoc1-c1nnc(SCCCC2CC3CC3(c3cc(F)cc(C(F)(F)F)c3)N2)n1C. The highest BCUT2D eigenvalue weighted by Crippen LogP contribution is 2.59. The minimum Gasteiger partial charge on any atom is -0.440 e. The summed E-state index contributed by atoms with van der Waals surface area (Å²) >= 11 is 1.59. The van der Waals surface area contributed by atoms with Crippen molar-refractivity contribution < 1.29 is 22.0 Å². The largest absolute Gasteiger partial charge is 0.440 e. The van der Waals surface area contributed by atoms with Gasteiger partial charge in [0, 0.05) is 24.4 Å². The van der Waals surface area contributed by atoms with Gasteiger partial charge in [0.05, 0.1) is 11.3 Å². The van der Waals surface area contributed by atoms with Crippen LogP contribution in [-0.4, -0.2) is 31.5 Å². The first-order valence-electron chi connectivity index (χ1n) is 10.8. The van der Waals surface area contributed by atoms with E-state index in [9.17, 15) is 17.6 Å². The van der Waals surface area contributed by atoms with Crippen LogP contribution in [0.25, 0.3) is 11.6 Å². The van der Waals surface area contributed by atoms with Gasteiger partial charge in [0.2, 0.25) is 5.82 Å². The lowest BCUT2D eigenvalue weighted by atomic mass is 10.0. The highest BCUT2D eigenvalue weighted by Gasteiger charge is 2.61. The summed E-state index contributed by atoms with van der Waals surface area (Å²) < 4.78 is 60.5. The van der Waals surface area contributed by atoms with Crippen molar-refractivity contribution in [3.8, 4) is 11.6 Å². The molecule has 3 unspecified atom stereocenters. The van der Waals surface area contributed by atoms with Gasteiger partial charge in [0.15, 0.2) is 17.3 Å². The Bertz CT molecular complexity index is 1180. The van der Waals surface area contributed by atoms with Crippen LogP contribution < -0.4 is 5.32 Å². The molecule has 1 aliphatic carbocycles. The van der Waals surface area contributed by atoms with Crippen molar-refractivity contribution in [3.05, 3.63) is 47.2 Å². The number of aryl methyl sites for hydroxylation is 1. The van der Waals surface area contributed by atoms with Gasteiger partial charge in [-0.3, -0.25) is 0 Å². The standard InChI is InChI=1S/C22H23F4N5OS/c1-12-18(32-11-27-12)19-29-30-20(31(19)2)33-5-3-4-17-9-15-10-21(15,28-17)13-6-14(22(24,25)26)8-16(23)7-13/h6-8,11,15,17,28H,3-5,9-10H2,1-2H3. The molecule has 0 spiro atoms. The number of hydrogen-bond acceptors (Lipinski definition) is 6. The monoisotopic (exact) mass is 481 g/mol. The lowest BCUT2D eigenvalue weighted by Gasteiger charge is -2.21. The van der Waals surface area contributed by atoms with Crippen molar-refractivity contribution in [1.29, 1.82) is 0 Å². The fourth-order valence-electron chi connectivity index (χ4n) is 4.84. The van der Waals surface area contributed by atoms with Gasteiger partial charge in [-0.05, 0) is 62.3 Å².